The third kappa shape index (κ3) is 2.61. The van der Waals surface area contributed by atoms with Crippen molar-refractivity contribution in [2.45, 2.75) is 13.0 Å². The van der Waals surface area contributed by atoms with E-state index in [2.05, 4.69) is 42.6 Å². The fourth-order valence-electron chi connectivity index (χ4n) is 2.08. The van der Waals surface area contributed by atoms with Gasteiger partial charge < -0.3 is 5.32 Å². The Morgan fingerprint density at radius 1 is 1.05 bits per heavy atom. The summed E-state index contributed by atoms with van der Waals surface area (Å²) in [4.78, 5) is 1.28. The van der Waals surface area contributed by atoms with Crippen LogP contribution in [0, 0.1) is 5.82 Å². The van der Waals surface area contributed by atoms with Gasteiger partial charge in [-0.05, 0) is 48.7 Å². The van der Waals surface area contributed by atoms with E-state index < -0.39 is 0 Å². The molecule has 1 atom stereocenters. The Morgan fingerprint density at radius 3 is 2.53 bits per heavy atom. The lowest BCUT2D eigenvalue weighted by atomic mass is 10.2. The smallest absolute Gasteiger partial charge is 0.123 e. The van der Waals surface area contributed by atoms with Gasteiger partial charge in [0.1, 0.15) is 5.82 Å². The van der Waals surface area contributed by atoms with E-state index >= 15 is 0 Å². The molecule has 0 fully saturated rings. The van der Waals surface area contributed by atoms with E-state index in [1.165, 1.54) is 27.1 Å². The summed E-state index contributed by atoms with van der Waals surface area (Å²) in [5.74, 6) is -0.208. The molecular formula is C16H14FNS. The van der Waals surface area contributed by atoms with E-state index in [4.69, 9.17) is 0 Å². The number of halogens is 1. The fourth-order valence-corrected chi connectivity index (χ4v) is 3.15. The van der Waals surface area contributed by atoms with Gasteiger partial charge in [-0.2, -0.15) is 0 Å². The van der Waals surface area contributed by atoms with Gasteiger partial charge in [-0.3, -0.25) is 0 Å². The van der Waals surface area contributed by atoms with Crippen LogP contribution in [0.1, 0.15) is 17.8 Å². The molecule has 0 aliphatic rings. The van der Waals surface area contributed by atoms with Crippen molar-refractivity contribution in [1.82, 2.24) is 0 Å². The molecule has 3 aromatic rings. The Hall–Kier alpha value is -1.87. The van der Waals surface area contributed by atoms with Crippen LogP contribution in [0.25, 0.3) is 10.1 Å². The first kappa shape index (κ1) is 12.2. The molecular weight excluding hydrogens is 257 g/mol. The standard InChI is InChI=1S/C16H14FNS/c1-11(18-14-8-6-13(17)7-9-14)16-10-12-4-2-3-5-15(12)19-16/h2-11,18H,1H3. The monoisotopic (exact) mass is 271 g/mol. The number of thiophene rings is 1. The quantitative estimate of drug-likeness (QED) is 0.689. The highest BCUT2D eigenvalue weighted by molar-refractivity contribution is 7.19. The molecule has 0 spiro atoms. The molecule has 1 heterocycles. The molecule has 3 rings (SSSR count). The van der Waals surface area contributed by atoms with E-state index in [1.54, 1.807) is 23.5 Å². The Kier molecular flexibility index (Phi) is 3.22. The Bertz CT molecular complexity index is 654. The lowest BCUT2D eigenvalue weighted by Gasteiger charge is -2.13. The molecule has 19 heavy (non-hydrogen) atoms. The van der Waals surface area contributed by atoms with Gasteiger partial charge >= 0.3 is 0 Å². The van der Waals surface area contributed by atoms with Crippen LogP contribution in [-0.4, -0.2) is 0 Å². The topological polar surface area (TPSA) is 12.0 Å². The van der Waals surface area contributed by atoms with Gasteiger partial charge in [0.2, 0.25) is 0 Å². The van der Waals surface area contributed by atoms with Crippen LogP contribution in [0.2, 0.25) is 0 Å². The normalized spacial score (nSPS) is 12.5. The van der Waals surface area contributed by atoms with Crippen molar-refractivity contribution < 1.29 is 4.39 Å². The molecule has 0 saturated heterocycles. The van der Waals surface area contributed by atoms with Gasteiger partial charge in [-0.25, -0.2) is 4.39 Å². The summed E-state index contributed by atoms with van der Waals surface area (Å²) in [6, 6.07) is 17.3. The van der Waals surface area contributed by atoms with Crippen molar-refractivity contribution in [1.29, 1.82) is 0 Å². The molecule has 1 nitrogen and oxygen atoms in total. The second kappa shape index (κ2) is 5.02. The molecule has 1 N–H and O–H groups in total. The second-order valence-electron chi connectivity index (χ2n) is 4.56. The molecule has 1 aromatic heterocycles. The molecule has 0 aliphatic heterocycles. The molecule has 3 heteroatoms. The van der Waals surface area contributed by atoms with Gasteiger partial charge in [-0.1, -0.05) is 18.2 Å². The van der Waals surface area contributed by atoms with E-state index in [1.807, 2.05) is 0 Å². The van der Waals surface area contributed by atoms with Crippen LogP contribution in [-0.2, 0) is 0 Å². The minimum atomic E-state index is -0.208. The van der Waals surface area contributed by atoms with Gasteiger partial charge in [0.15, 0.2) is 0 Å². The summed E-state index contributed by atoms with van der Waals surface area (Å²) >= 11 is 1.79. The number of hydrogen-bond donors (Lipinski definition) is 1. The fraction of sp³-hybridized carbons (Fsp3) is 0.125. The average molecular weight is 271 g/mol. The summed E-state index contributed by atoms with van der Waals surface area (Å²) in [7, 11) is 0. The van der Waals surface area contributed by atoms with Gasteiger partial charge in [0.25, 0.3) is 0 Å². The minimum Gasteiger partial charge on any atom is -0.378 e. The predicted molar refractivity (Wildman–Crippen MR) is 80.3 cm³/mol. The Morgan fingerprint density at radius 2 is 1.79 bits per heavy atom. The highest BCUT2D eigenvalue weighted by Crippen LogP contribution is 2.31. The number of hydrogen-bond acceptors (Lipinski definition) is 2. The summed E-state index contributed by atoms with van der Waals surface area (Å²) in [5, 5.41) is 4.66. The Labute approximate surface area is 115 Å². The van der Waals surface area contributed by atoms with Gasteiger partial charge in [0, 0.05) is 15.3 Å². The summed E-state index contributed by atoms with van der Waals surface area (Å²) in [5.41, 5.74) is 0.936. The molecule has 1 unspecified atom stereocenters. The molecule has 0 aliphatic carbocycles. The maximum atomic E-state index is 12.9. The first-order valence-electron chi connectivity index (χ1n) is 6.23. The summed E-state index contributed by atoms with van der Waals surface area (Å²) in [6.07, 6.45) is 0. The van der Waals surface area contributed by atoms with Crippen LogP contribution in [0.15, 0.2) is 54.6 Å². The van der Waals surface area contributed by atoms with Crippen LogP contribution in [0.3, 0.4) is 0 Å². The van der Waals surface area contributed by atoms with Gasteiger partial charge in [0.05, 0.1) is 6.04 Å². The molecule has 0 bridgehead atoms. The summed E-state index contributed by atoms with van der Waals surface area (Å²) < 4.78 is 14.2. The first-order valence-corrected chi connectivity index (χ1v) is 7.04. The molecule has 96 valence electrons. The van der Waals surface area contributed by atoms with E-state index in [0.717, 1.165) is 5.69 Å². The van der Waals surface area contributed by atoms with Crippen molar-refractivity contribution in [2.75, 3.05) is 5.32 Å². The lowest BCUT2D eigenvalue weighted by molar-refractivity contribution is 0.628. The Balaban J connectivity index is 1.83. The predicted octanol–water partition coefficient (Wildman–Crippen LogP) is 5.21. The minimum absolute atomic E-state index is 0.208. The van der Waals surface area contributed by atoms with E-state index in [-0.39, 0.29) is 11.9 Å². The highest BCUT2D eigenvalue weighted by atomic mass is 32.1. The number of anilines is 1. The van der Waals surface area contributed by atoms with Crippen molar-refractivity contribution >= 4 is 27.1 Å². The van der Waals surface area contributed by atoms with E-state index in [0.29, 0.717) is 0 Å². The third-order valence-electron chi connectivity index (χ3n) is 3.10. The SMILES string of the molecule is CC(Nc1ccc(F)cc1)c1cc2ccccc2s1. The largest absolute Gasteiger partial charge is 0.378 e. The van der Waals surface area contributed by atoms with E-state index in [9.17, 15) is 4.39 Å². The molecule has 0 radical (unpaired) electrons. The number of nitrogens with one attached hydrogen (secondary N) is 1. The zero-order valence-electron chi connectivity index (χ0n) is 10.6. The van der Waals surface area contributed by atoms with Crippen molar-refractivity contribution in [3.8, 4) is 0 Å². The van der Waals surface area contributed by atoms with Crippen molar-refractivity contribution in [3.05, 3.63) is 65.3 Å². The molecule has 0 saturated carbocycles. The lowest BCUT2D eigenvalue weighted by Crippen LogP contribution is -2.04. The highest BCUT2D eigenvalue weighted by Gasteiger charge is 2.09. The van der Waals surface area contributed by atoms with Crippen LogP contribution < -0.4 is 5.32 Å². The maximum absolute atomic E-state index is 12.9. The average Bonchev–Trinajstić information content (AvgIpc) is 2.85. The second-order valence-corrected chi connectivity index (χ2v) is 5.67. The van der Waals surface area contributed by atoms with Crippen LogP contribution in [0.4, 0.5) is 10.1 Å². The zero-order chi connectivity index (χ0) is 13.2. The van der Waals surface area contributed by atoms with Gasteiger partial charge in [-0.15, -0.1) is 11.3 Å². The van der Waals surface area contributed by atoms with Crippen LogP contribution in [0.5, 0.6) is 0 Å². The summed E-state index contributed by atoms with van der Waals surface area (Å²) in [6.45, 7) is 2.12. The number of fused-ring (bicyclic) bond motifs is 1. The first-order chi connectivity index (χ1) is 9.22. The maximum Gasteiger partial charge on any atom is 0.123 e. The zero-order valence-corrected chi connectivity index (χ0v) is 11.4. The van der Waals surface area contributed by atoms with Crippen LogP contribution >= 0.6 is 11.3 Å². The number of benzene rings is 2. The third-order valence-corrected chi connectivity index (χ3v) is 4.40. The molecule has 0 amide bonds. The van der Waals surface area contributed by atoms with Crippen molar-refractivity contribution in [3.63, 3.8) is 0 Å². The number of rotatable bonds is 3. The molecule has 2 aromatic carbocycles. The van der Waals surface area contributed by atoms with Crippen molar-refractivity contribution in [2.24, 2.45) is 0 Å².